The molecule has 8 N–H and O–H groups in total. The van der Waals surface area contributed by atoms with E-state index in [-0.39, 0.29) is 12.1 Å². The highest BCUT2D eigenvalue weighted by molar-refractivity contribution is 5.90. The third-order valence-electron chi connectivity index (χ3n) is 4.03. The second-order valence-corrected chi connectivity index (χ2v) is 6.27. The van der Waals surface area contributed by atoms with E-state index in [0.29, 0.717) is 5.56 Å². The Bertz CT molecular complexity index is 739. The Kier molecular flexibility index (Phi) is 6.53. The van der Waals surface area contributed by atoms with Gasteiger partial charge in [-0.1, -0.05) is 12.1 Å². The van der Waals surface area contributed by atoms with Crippen molar-refractivity contribution in [2.75, 3.05) is 5.32 Å². The number of amides is 2. The minimum Gasteiger partial charge on any atom is -0.481 e. The number of aliphatic hydroxyl groups excluding tert-OH is 3. The van der Waals surface area contributed by atoms with Crippen LogP contribution < -0.4 is 10.6 Å². The van der Waals surface area contributed by atoms with Gasteiger partial charge in [0.2, 0.25) is 0 Å². The first-order valence-corrected chi connectivity index (χ1v) is 8.05. The topological polar surface area (TPSA) is 206 Å². The number of hydrogen-bond donors (Lipinski definition) is 8. The fourth-order valence-corrected chi connectivity index (χ4v) is 2.74. The molecule has 1 heterocycles. The van der Waals surface area contributed by atoms with E-state index in [1.165, 1.54) is 24.3 Å². The summed E-state index contributed by atoms with van der Waals surface area (Å²) in [5, 5.41) is 61.4. The molecule has 0 radical (unpaired) electrons. The number of rotatable bonds is 7. The van der Waals surface area contributed by atoms with Crippen LogP contribution in [-0.2, 0) is 20.7 Å². The number of carboxylic acids is 2. The number of benzene rings is 1. The van der Waals surface area contributed by atoms with Crippen molar-refractivity contribution in [2.45, 2.75) is 43.2 Å². The van der Waals surface area contributed by atoms with E-state index in [2.05, 4.69) is 5.32 Å². The molecule has 5 atom stereocenters. The molecule has 28 heavy (non-hydrogen) atoms. The number of carbonyl (C=O) groups excluding carboxylic acids is 1. The zero-order valence-corrected chi connectivity index (χ0v) is 14.3. The van der Waals surface area contributed by atoms with E-state index >= 15 is 0 Å². The van der Waals surface area contributed by atoms with Crippen molar-refractivity contribution in [1.82, 2.24) is 5.32 Å². The van der Waals surface area contributed by atoms with Crippen LogP contribution in [0.25, 0.3) is 0 Å². The van der Waals surface area contributed by atoms with Crippen molar-refractivity contribution in [2.24, 2.45) is 0 Å². The average molecular weight is 400 g/mol. The number of urea groups is 1. The lowest BCUT2D eigenvalue weighted by atomic mass is 9.97. The molecule has 1 aliphatic rings. The van der Waals surface area contributed by atoms with Crippen molar-refractivity contribution in [3.05, 3.63) is 29.8 Å². The van der Waals surface area contributed by atoms with Gasteiger partial charge < -0.3 is 46.0 Å². The quantitative estimate of drug-likeness (QED) is 0.237. The molecule has 2 amide bonds. The molecule has 1 aliphatic heterocycles. The molecule has 1 aromatic rings. The van der Waals surface area contributed by atoms with Gasteiger partial charge in [-0.25, -0.2) is 4.79 Å². The highest BCUT2D eigenvalue weighted by Crippen LogP contribution is 2.29. The van der Waals surface area contributed by atoms with Crippen molar-refractivity contribution >= 4 is 23.7 Å². The van der Waals surface area contributed by atoms with E-state index in [9.17, 15) is 34.8 Å². The summed E-state index contributed by atoms with van der Waals surface area (Å²) in [6, 6.07) is 4.61. The highest BCUT2D eigenvalue weighted by Gasteiger charge is 2.54. The van der Waals surface area contributed by atoms with Crippen LogP contribution in [0.2, 0.25) is 0 Å². The summed E-state index contributed by atoms with van der Waals surface area (Å²) in [5.74, 6) is -2.58. The number of hydrogen-bond acceptors (Lipinski definition) is 8. The zero-order chi connectivity index (χ0) is 21.1. The van der Waals surface area contributed by atoms with Crippen molar-refractivity contribution in [1.29, 1.82) is 0 Å². The Morgan fingerprint density at radius 1 is 1.00 bits per heavy atom. The van der Waals surface area contributed by atoms with Gasteiger partial charge in [0.05, 0.1) is 12.8 Å². The van der Waals surface area contributed by atoms with Gasteiger partial charge in [0.15, 0.2) is 12.0 Å². The number of carboxylic acid groups (broad SMARTS) is 2. The molecule has 1 fully saturated rings. The van der Waals surface area contributed by atoms with Crippen LogP contribution in [0.4, 0.5) is 10.5 Å². The first-order valence-electron chi connectivity index (χ1n) is 8.05. The molecule has 1 saturated heterocycles. The van der Waals surface area contributed by atoms with Gasteiger partial charge in [-0.15, -0.1) is 0 Å². The molecule has 0 aliphatic carbocycles. The Morgan fingerprint density at radius 3 is 2.07 bits per heavy atom. The van der Waals surface area contributed by atoms with Crippen molar-refractivity contribution in [3.8, 4) is 0 Å². The summed E-state index contributed by atoms with van der Waals surface area (Å²) in [6.07, 6.45) is -8.69. The van der Waals surface area contributed by atoms with Gasteiger partial charge in [0.1, 0.15) is 18.3 Å². The zero-order valence-electron chi connectivity index (χ0n) is 14.3. The van der Waals surface area contributed by atoms with Crippen molar-refractivity contribution in [3.63, 3.8) is 0 Å². The van der Waals surface area contributed by atoms with Crippen LogP contribution in [0.5, 0.6) is 0 Å². The molecule has 12 nitrogen and oxygen atoms in total. The van der Waals surface area contributed by atoms with Gasteiger partial charge >= 0.3 is 18.0 Å². The van der Waals surface area contributed by atoms with Gasteiger partial charge in [0, 0.05) is 5.69 Å². The Morgan fingerprint density at radius 2 is 1.61 bits per heavy atom. The van der Waals surface area contributed by atoms with E-state index < -0.39 is 54.7 Å². The SMILES string of the molecule is O=C(O)Cc1ccc(NC(=O)N[C@@](O)(CC(=O)O)[C@H]2O[C@H](O)[C@@H](O)[C@H]2O)cc1. The lowest BCUT2D eigenvalue weighted by molar-refractivity contribution is -0.188. The predicted molar refractivity (Wildman–Crippen MR) is 90.0 cm³/mol. The number of aliphatic hydroxyl groups is 4. The van der Waals surface area contributed by atoms with E-state index in [1.807, 2.05) is 5.32 Å². The van der Waals surface area contributed by atoms with Gasteiger partial charge in [0.25, 0.3) is 0 Å². The van der Waals surface area contributed by atoms with Crippen molar-refractivity contribution < 1.29 is 49.8 Å². The first-order chi connectivity index (χ1) is 13.0. The smallest absolute Gasteiger partial charge is 0.321 e. The summed E-state index contributed by atoms with van der Waals surface area (Å²) < 4.78 is 4.80. The van der Waals surface area contributed by atoms with Crippen LogP contribution in [0.3, 0.4) is 0 Å². The number of anilines is 1. The summed E-state index contributed by atoms with van der Waals surface area (Å²) in [7, 11) is 0. The predicted octanol–water partition coefficient (Wildman–Crippen LogP) is -1.96. The van der Waals surface area contributed by atoms with Gasteiger partial charge in [-0.2, -0.15) is 0 Å². The Labute approximate surface area is 158 Å². The normalized spacial score (nSPS) is 26.3. The fourth-order valence-electron chi connectivity index (χ4n) is 2.74. The molecule has 12 heteroatoms. The Balaban J connectivity index is 2.10. The summed E-state index contributed by atoms with van der Waals surface area (Å²) in [4.78, 5) is 33.9. The van der Waals surface area contributed by atoms with E-state index in [1.54, 1.807) is 0 Å². The molecule has 0 saturated carbocycles. The van der Waals surface area contributed by atoms with E-state index in [0.717, 1.165) is 0 Å². The number of aliphatic carboxylic acids is 2. The summed E-state index contributed by atoms with van der Waals surface area (Å²) in [6.45, 7) is 0. The fraction of sp³-hybridized carbons (Fsp3) is 0.438. The molecule has 154 valence electrons. The number of nitrogens with one attached hydrogen (secondary N) is 2. The monoisotopic (exact) mass is 400 g/mol. The third-order valence-corrected chi connectivity index (χ3v) is 4.03. The second-order valence-electron chi connectivity index (χ2n) is 6.27. The number of ether oxygens (including phenoxy) is 1. The summed E-state index contributed by atoms with van der Waals surface area (Å²) >= 11 is 0. The van der Waals surface area contributed by atoms with Crippen LogP contribution in [-0.4, -0.2) is 78.9 Å². The second kappa shape index (κ2) is 8.50. The lowest BCUT2D eigenvalue weighted by Crippen LogP contribution is -2.62. The van der Waals surface area contributed by atoms with E-state index in [4.69, 9.17) is 14.9 Å². The standard InChI is InChI=1S/C16H20N2O10/c19-9(20)5-7-1-3-8(4-2-7)17-15(26)18-16(27,6-10(21)22)13-11(23)12(24)14(25)28-13/h1-4,11-14,23-25,27H,5-6H2,(H,19,20)(H,21,22)(H2,17,18,26)/t11-,12+,13+,14+,16-/m1/s1. The molecular weight excluding hydrogens is 380 g/mol. The maximum absolute atomic E-state index is 12.2. The molecule has 0 aromatic heterocycles. The van der Waals surface area contributed by atoms with Crippen LogP contribution in [0.1, 0.15) is 12.0 Å². The highest BCUT2D eigenvalue weighted by atomic mass is 16.7. The lowest BCUT2D eigenvalue weighted by Gasteiger charge is -2.34. The largest absolute Gasteiger partial charge is 0.481 e. The van der Waals surface area contributed by atoms with Gasteiger partial charge in [-0.3, -0.25) is 9.59 Å². The van der Waals surface area contributed by atoms with Gasteiger partial charge in [-0.05, 0) is 17.7 Å². The van der Waals surface area contributed by atoms with Crippen LogP contribution in [0.15, 0.2) is 24.3 Å². The Hall–Kier alpha value is -2.77. The molecule has 0 spiro atoms. The molecule has 0 unspecified atom stereocenters. The molecule has 0 bridgehead atoms. The molecule has 1 aromatic carbocycles. The third kappa shape index (κ3) is 5.15. The van der Waals surface area contributed by atoms with Crippen LogP contribution in [0, 0.1) is 0 Å². The average Bonchev–Trinajstić information content (AvgIpc) is 2.83. The maximum atomic E-state index is 12.2. The van der Waals surface area contributed by atoms with Crippen LogP contribution >= 0.6 is 0 Å². The minimum atomic E-state index is -2.66. The number of carbonyl (C=O) groups is 3. The summed E-state index contributed by atoms with van der Waals surface area (Å²) in [5.41, 5.74) is -1.97. The molecular formula is C16H20N2O10. The first kappa shape index (κ1) is 21.5. The molecule has 2 rings (SSSR count). The minimum absolute atomic E-state index is 0.206. The maximum Gasteiger partial charge on any atom is 0.321 e.